The maximum atomic E-state index is 10.8. The second kappa shape index (κ2) is 3.45. The third-order valence-electron chi connectivity index (χ3n) is 1.89. The molecule has 0 fully saturated rings. The molecule has 1 aromatic rings. The Morgan fingerprint density at radius 2 is 2.50 bits per heavy atom. The van der Waals surface area contributed by atoms with Gasteiger partial charge in [-0.2, -0.15) is 0 Å². The zero-order valence-corrected chi connectivity index (χ0v) is 8.69. The van der Waals surface area contributed by atoms with Crippen LogP contribution < -0.4 is 9.64 Å². The molecule has 5 nitrogen and oxygen atoms in total. The summed E-state index contributed by atoms with van der Waals surface area (Å²) in [5.74, 6) is 0.833. The van der Waals surface area contributed by atoms with E-state index in [1.807, 2.05) is 0 Å². The normalized spacial score (nSPS) is 14.5. The van der Waals surface area contributed by atoms with E-state index in [9.17, 15) is 4.79 Å². The van der Waals surface area contributed by atoms with E-state index in [1.54, 1.807) is 6.07 Å². The fraction of sp³-hybridized carbons (Fsp3) is 0.250. The minimum Gasteiger partial charge on any atom is -0.487 e. The first kappa shape index (κ1) is 9.26. The van der Waals surface area contributed by atoms with Gasteiger partial charge in [0.2, 0.25) is 0 Å². The minimum atomic E-state index is -1.01. The van der Waals surface area contributed by atoms with Crippen LogP contribution in [0.15, 0.2) is 16.7 Å². The van der Waals surface area contributed by atoms with Crippen LogP contribution in [0.1, 0.15) is 0 Å². The van der Waals surface area contributed by atoms with Gasteiger partial charge in [0.15, 0.2) is 11.6 Å². The lowest BCUT2D eigenvalue weighted by molar-refractivity contribution is 0.196. The number of halogens is 1. The molecule has 74 valence electrons. The second-order valence-corrected chi connectivity index (χ2v) is 3.58. The molecule has 1 aromatic heterocycles. The van der Waals surface area contributed by atoms with Crippen molar-refractivity contribution in [2.45, 2.75) is 0 Å². The summed E-state index contributed by atoms with van der Waals surface area (Å²) in [6.07, 6.45) is 0.522. The molecule has 0 unspecified atom stereocenters. The SMILES string of the molecule is O=C(O)N1CCOc2c(Br)ccnc21. The number of rotatable bonds is 0. The van der Waals surface area contributed by atoms with Gasteiger partial charge in [-0.3, -0.25) is 4.90 Å². The van der Waals surface area contributed by atoms with Crippen molar-refractivity contribution in [1.29, 1.82) is 0 Å². The molecule has 0 saturated carbocycles. The first-order chi connectivity index (χ1) is 6.70. The van der Waals surface area contributed by atoms with Crippen LogP contribution in [-0.4, -0.2) is 29.3 Å². The first-order valence-corrected chi connectivity index (χ1v) is 4.77. The van der Waals surface area contributed by atoms with Crippen LogP contribution in [-0.2, 0) is 0 Å². The van der Waals surface area contributed by atoms with Crippen molar-refractivity contribution < 1.29 is 14.6 Å². The third kappa shape index (κ3) is 1.41. The van der Waals surface area contributed by atoms with Gasteiger partial charge in [-0.05, 0) is 22.0 Å². The van der Waals surface area contributed by atoms with Gasteiger partial charge in [0.25, 0.3) is 0 Å². The van der Waals surface area contributed by atoms with Crippen molar-refractivity contribution in [3.63, 3.8) is 0 Å². The smallest absolute Gasteiger partial charge is 0.413 e. The Morgan fingerprint density at radius 1 is 1.71 bits per heavy atom. The molecule has 0 saturated heterocycles. The minimum absolute atomic E-state index is 0.311. The molecule has 1 N–H and O–H groups in total. The van der Waals surface area contributed by atoms with E-state index in [2.05, 4.69) is 20.9 Å². The van der Waals surface area contributed by atoms with Gasteiger partial charge in [0.05, 0.1) is 11.0 Å². The standard InChI is InChI=1S/C8H7BrN2O3/c9-5-1-2-10-7-6(5)14-4-3-11(7)8(12)13/h1-2H,3-4H2,(H,12,13). The summed E-state index contributed by atoms with van der Waals surface area (Å²) < 4.78 is 6.04. The first-order valence-electron chi connectivity index (χ1n) is 3.98. The number of pyridine rings is 1. The number of hydrogen-bond acceptors (Lipinski definition) is 3. The van der Waals surface area contributed by atoms with Gasteiger partial charge in [-0.15, -0.1) is 0 Å². The second-order valence-electron chi connectivity index (χ2n) is 2.73. The Hall–Kier alpha value is -1.30. The van der Waals surface area contributed by atoms with Crippen LogP contribution in [0.2, 0.25) is 0 Å². The highest BCUT2D eigenvalue weighted by Crippen LogP contribution is 2.35. The average molecular weight is 259 g/mol. The Bertz CT molecular complexity index is 383. The van der Waals surface area contributed by atoms with Crippen molar-refractivity contribution in [3.05, 3.63) is 16.7 Å². The summed E-state index contributed by atoms with van der Waals surface area (Å²) in [5, 5.41) is 8.89. The van der Waals surface area contributed by atoms with Crippen molar-refractivity contribution in [1.82, 2.24) is 4.98 Å². The number of aromatic nitrogens is 1. The molecule has 6 heteroatoms. The molecule has 14 heavy (non-hydrogen) atoms. The van der Waals surface area contributed by atoms with E-state index >= 15 is 0 Å². The Balaban J connectivity index is 2.49. The van der Waals surface area contributed by atoms with E-state index in [0.717, 1.165) is 0 Å². The number of carbonyl (C=O) groups is 1. The average Bonchev–Trinajstić information content (AvgIpc) is 2.17. The van der Waals surface area contributed by atoms with Crippen LogP contribution in [0, 0.1) is 0 Å². The lowest BCUT2D eigenvalue weighted by atomic mass is 10.3. The molecule has 0 aromatic carbocycles. The van der Waals surface area contributed by atoms with Gasteiger partial charge in [0, 0.05) is 6.20 Å². The predicted octanol–water partition coefficient (Wildman–Crippen LogP) is 1.72. The van der Waals surface area contributed by atoms with E-state index < -0.39 is 6.09 Å². The molecule has 1 aliphatic rings. The van der Waals surface area contributed by atoms with Crippen molar-refractivity contribution in [3.8, 4) is 5.75 Å². The molecule has 0 bridgehead atoms. The van der Waals surface area contributed by atoms with Crippen LogP contribution in [0.4, 0.5) is 10.6 Å². The topological polar surface area (TPSA) is 62.7 Å². The van der Waals surface area contributed by atoms with Crippen LogP contribution in [0.3, 0.4) is 0 Å². The zero-order valence-electron chi connectivity index (χ0n) is 7.11. The summed E-state index contributed by atoms with van der Waals surface area (Å²) in [4.78, 5) is 16.0. The number of ether oxygens (including phenoxy) is 1. The molecule has 2 heterocycles. The fourth-order valence-corrected chi connectivity index (χ4v) is 1.68. The van der Waals surface area contributed by atoms with Gasteiger partial charge < -0.3 is 9.84 Å². The van der Waals surface area contributed by atoms with Crippen LogP contribution in [0.5, 0.6) is 5.75 Å². The highest BCUT2D eigenvalue weighted by molar-refractivity contribution is 9.10. The maximum absolute atomic E-state index is 10.8. The van der Waals surface area contributed by atoms with Gasteiger partial charge in [-0.1, -0.05) is 0 Å². The van der Waals surface area contributed by atoms with E-state index in [4.69, 9.17) is 9.84 Å². The summed E-state index contributed by atoms with van der Waals surface area (Å²) in [6.45, 7) is 0.662. The highest BCUT2D eigenvalue weighted by Gasteiger charge is 2.25. The maximum Gasteiger partial charge on any atom is 0.413 e. The molecule has 1 amide bonds. The van der Waals surface area contributed by atoms with Crippen molar-refractivity contribution in [2.75, 3.05) is 18.1 Å². The molecule has 1 aliphatic heterocycles. The van der Waals surface area contributed by atoms with E-state index in [1.165, 1.54) is 11.1 Å². The molecular formula is C8H7BrN2O3. The number of nitrogens with zero attached hydrogens (tertiary/aromatic N) is 2. The molecule has 0 radical (unpaired) electrons. The fourth-order valence-electron chi connectivity index (χ4n) is 1.27. The van der Waals surface area contributed by atoms with Crippen molar-refractivity contribution >= 4 is 27.8 Å². The summed E-state index contributed by atoms with van der Waals surface area (Å²) in [6, 6.07) is 1.71. The van der Waals surface area contributed by atoms with Crippen molar-refractivity contribution in [2.24, 2.45) is 0 Å². The van der Waals surface area contributed by atoms with Gasteiger partial charge >= 0.3 is 6.09 Å². The lowest BCUT2D eigenvalue weighted by Crippen LogP contribution is -2.37. The zero-order chi connectivity index (χ0) is 10.1. The van der Waals surface area contributed by atoms with E-state index in [0.29, 0.717) is 29.2 Å². The van der Waals surface area contributed by atoms with Gasteiger partial charge in [0.1, 0.15) is 6.61 Å². The largest absolute Gasteiger partial charge is 0.487 e. The summed E-state index contributed by atoms with van der Waals surface area (Å²) in [5.41, 5.74) is 0. The third-order valence-corrected chi connectivity index (χ3v) is 2.51. The summed E-state index contributed by atoms with van der Waals surface area (Å²) in [7, 11) is 0. The Morgan fingerprint density at radius 3 is 3.21 bits per heavy atom. The monoisotopic (exact) mass is 258 g/mol. The molecule has 0 aliphatic carbocycles. The Labute approximate surface area is 88.4 Å². The van der Waals surface area contributed by atoms with Gasteiger partial charge in [-0.25, -0.2) is 9.78 Å². The van der Waals surface area contributed by atoms with E-state index in [-0.39, 0.29) is 0 Å². The summed E-state index contributed by atoms with van der Waals surface area (Å²) >= 11 is 3.27. The number of anilines is 1. The quantitative estimate of drug-likeness (QED) is 0.770. The molecule has 2 rings (SSSR count). The van der Waals surface area contributed by atoms with Crippen LogP contribution in [0.25, 0.3) is 0 Å². The molecule has 0 spiro atoms. The molecule has 0 atom stereocenters. The lowest BCUT2D eigenvalue weighted by Gasteiger charge is -2.26. The highest BCUT2D eigenvalue weighted by atomic mass is 79.9. The number of hydrogen-bond donors (Lipinski definition) is 1. The Kier molecular flexibility index (Phi) is 2.28. The van der Waals surface area contributed by atoms with Crippen LogP contribution >= 0.6 is 15.9 Å². The number of carboxylic acid groups (broad SMARTS) is 1. The number of fused-ring (bicyclic) bond motifs is 1. The number of amides is 1. The molecular weight excluding hydrogens is 252 g/mol. The predicted molar refractivity (Wildman–Crippen MR) is 52.8 cm³/mol.